The third-order valence-corrected chi connectivity index (χ3v) is 3.31. The van der Waals surface area contributed by atoms with E-state index in [2.05, 4.69) is 5.32 Å². The van der Waals surface area contributed by atoms with Gasteiger partial charge < -0.3 is 15.0 Å². The van der Waals surface area contributed by atoms with Crippen LogP contribution in [0.1, 0.15) is 25.3 Å². The first-order valence-corrected chi connectivity index (χ1v) is 6.87. The number of benzene rings is 1. The Balaban J connectivity index is 2.15. The van der Waals surface area contributed by atoms with Gasteiger partial charge in [-0.3, -0.25) is 9.59 Å². The van der Waals surface area contributed by atoms with Crippen LogP contribution in [-0.4, -0.2) is 32.1 Å². The number of carbonyl (C=O) groups excluding carboxylic acids is 2. The molecule has 20 heavy (non-hydrogen) atoms. The van der Waals surface area contributed by atoms with E-state index in [-0.39, 0.29) is 18.4 Å². The van der Waals surface area contributed by atoms with Crippen molar-refractivity contribution in [3.63, 3.8) is 0 Å². The van der Waals surface area contributed by atoms with E-state index in [0.29, 0.717) is 13.0 Å². The van der Waals surface area contributed by atoms with Crippen LogP contribution in [0.25, 0.3) is 0 Å². The van der Waals surface area contributed by atoms with Crippen LogP contribution in [0.4, 0.5) is 11.4 Å². The Morgan fingerprint density at radius 2 is 2.20 bits per heavy atom. The van der Waals surface area contributed by atoms with Gasteiger partial charge in [-0.2, -0.15) is 0 Å². The Hall–Kier alpha value is -1.88. The highest BCUT2D eigenvalue weighted by molar-refractivity contribution is 5.98. The molecular weight excluding hydrogens is 256 g/mol. The molecule has 0 atom stereocenters. The van der Waals surface area contributed by atoms with Crippen molar-refractivity contribution < 1.29 is 14.3 Å². The molecule has 0 aromatic heterocycles. The van der Waals surface area contributed by atoms with E-state index in [1.165, 1.54) is 7.11 Å². The summed E-state index contributed by atoms with van der Waals surface area (Å²) in [6.07, 6.45) is 2.16. The van der Waals surface area contributed by atoms with Gasteiger partial charge in [0, 0.05) is 31.5 Å². The Labute approximate surface area is 118 Å². The second kappa shape index (κ2) is 6.52. The fourth-order valence-corrected chi connectivity index (χ4v) is 2.37. The van der Waals surface area contributed by atoms with Crippen molar-refractivity contribution in [3.05, 3.63) is 23.8 Å². The van der Waals surface area contributed by atoms with Crippen molar-refractivity contribution in [1.29, 1.82) is 0 Å². The zero-order chi connectivity index (χ0) is 14.5. The minimum Gasteiger partial charge on any atom is -0.375 e. The molecule has 1 N–H and O–H groups in total. The molecule has 0 saturated heterocycles. The number of nitrogens with one attached hydrogen (secondary N) is 1. The summed E-state index contributed by atoms with van der Waals surface area (Å²) in [5.74, 6) is -0.0523. The van der Waals surface area contributed by atoms with Gasteiger partial charge in [0.05, 0.1) is 0 Å². The van der Waals surface area contributed by atoms with Crippen LogP contribution in [0.15, 0.2) is 18.2 Å². The van der Waals surface area contributed by atoms with E-state index < -0.39 is 0 Å². The summed E-state index contributed by atoms with van der Waals surface area (Å²) in [5.41, 5.74) is 2.74. The third-order valence-electron chi connectivity index (χ3n) is 3.31. The molecule has 1 aromatic carbocycles. The molecule has 2 amide bonds. The van der Waals surface area contributed by atoms with Crippen LogP contribution < -0.4 is 10.2 Å². The van der Waals surface area contributed by atoms with Crippen LogP contribution >= 0.6 is 0 Å². The molecule has 108 valence electrons. The Bertz CT molecular complexity index is 514. The van der Waals surface area contributed by atoms with Gasteiger partial charge in [-0.05, 0) is 30.5 Å². The molecule has 1 aromatic rings. The number of hydrogen-bond donors (Lipinski definition) is 1. The van der Waals surface area contributed by atoms with Crippen molar-refractivity contribution >= 4 is 23.2 Å². The number of carbonyl (C=O) groups is 2. The standard InChI is InChI=1S/C15H20N2O3/c1-3-4-14(18)16-12-6-5-11-7-8-17(13(11)9-12)15(19)10-20-2/h5-6,9H,3-4,7-8,10H2,1-2H3,(H,16,18). The molecule has 1 heterocycles. The number of amides is 2. The highest BCUT2D eigenvalue weighted by Crippen LogP contribution is 2.31. The normalized spacial score (nSPS) is 13.2. The van der Waals surface area contributed by atoms with Gasteiger partial charge in [0.15, 0.2) is 0 Å². The number of fused-ring (bicyclic) bond motifs is 1. The second-order valence-electron chi connectivity index (χ2n) is 4.87. The molecule has 2 rings (SSSR count). The molecule has 0 bridgehead atoms. The number of anilines is 2. The largest absolute Gasteiger partial charge is 0.375 e. The first kappa shape index (κ1) is 14.5. The number of methoxy groups -OCH3 is 1. The summed E-state index contributed by atoms with van der Waals surface area (Å²) in [5, 5.41) is 2.86. The van der Waals surface area contributed by atoms with Crippen molar-refractivity contribution in [2.45, 2.75) is 26.2 Å². The average Bonchev–Trinajstić information content (AvgIpc) is 2.82. The van der Waals surface area contributed by atoms with Crippen molar-refractivity contribution in [2.24, 2.45) is 0 Å². The molecule has 1 aliphatic heterocycles. The fraction of sp³-hybridized carbons (Fsp3) is 0.467. The van der Waals surface area contributed by atoms with Gasteiger partial charge in [0.1, 0.15) is 6.61 Å². The SMILES string of the molecule is CCCC(=O)Nc1ccc2c(c1)N(C(=O)COC)CC2. The van der Waals surface area contributed by atoms with Crippen LogP contribution in [-0.2, 0) is 20.7 Å². The predicted molar refractivity (Wildman–Crippen MR) is 77.9 cm³/mol. The fourth-order valence-electron chi connectivity index (χ4n) is 2.37. The zero-order valence-corrected chi connectivity index (χ0v) is 11.9. The molecule has 0 unspecified atom stereocenters. The van der Waals surface area contributed by atoms with Crippen LogP contribution in [0.5, 0.6) is 0 Å². The molecule has 0 aliphatic carbocycles. The molecule has 5 heteroatoms. The second-order valence-corrected chi connectivity index (χ2v) is 4.87. The van der Waals surface area contributed by atoms with Crippen LogP contribution in [0.3, 0.4) is 0 Å². The minimum atomic E-state index is -0.0525. The zero-order valence-electron chi connectivity index (χ0n) is 11.9. The number of nitrogens with zero attached hydrogens (tertiary/aromatic N) is 1. The molecule has 0 spiro atoms. The van der Waals surface area contributed by atoms with Crippen LogP contribution in [0, 0.1) is 0 Å². The lowest BCUT2D eigenvalue weighted by Crippen LogP contribution is -2.32. The molecule has 0 saturated carbocycles. The number of ether oxygens (including phenoxy) is 1. The Morgan fingerprint density at radius 1 is 1.40 bits per heavy atom. The summed E-state index contributed by atoms with van der Waals surface area (Å²) < 4.78 is 4.90. The lowest BCUT2D eigenvalue weighted by atomic mass is 10.1. The van der Waals surface area contributed by atoms with E-state index in [1.54, 1.807) is 4.90 Å². The average molecular weight is 276 g/mol. The summed E-state index contributed by atoms with van der Waals surface area (Å²) >= 11 is 0. The van der Waals surface area contributed by atoms with Crippen molar-refractivity contribution in [2.75, 3.05) is 30.5 Å². The van der Waals surface area contributed by atoms with Crippen molar-refractivity contribution in [1.82, 2.24) is 0 Å². The maximum Gasteiger partial charge on any atom is 0.252 e. The Kier molecular flexibility index (Phi) is 4.74. The molecular formula is C15H20N2O3. The lowest BCUT2D eigenvalue weighted by Gasteiger charge is -2.17. The first-order valence-electron chi connectivity index (χ1n) is 6.87. The third kappa shape index (κ3) is 3.17. The molecule has 1 aliphatic rings. The van der Waals surface area contributed by atoms with E-state index in [4.69, 9.17) is 4.74 Å². The van der Waals surface area contributed by atoms with Gasteiger partial charge in [-0.1, -0.05) is 13.0 Å². The highest BCUT2D eigenvalue weighted by atomic mass is 16.5. The van der Waals surface area contributed by atoms with Gasteiger partial charge in [0.25, 0.3) is 5.91 Å². The lowest BCUT2D eigenvalue weighted by molar-refractivity contribution is -0.122. The van der Waals surface area contributed by atoms with E-state index in [0.717, 1.165) is 29.8 Å². The van der Waals surface area contributed by atoms with E-state index in [9.17, 15) is 9.59 Å². The minimum absolute atomic E-state index is 0.000199. The molecule has 0 radical (unpaired) electrons. The maximum absolute atomic E-state index is 12.0. The summed E-state index contributed by atoms with van der Waals surface area (Å²) in [4.78, 5) is 25.3. The maximum atomic E-state index is 12.0. The smallest absolute Gasteiger partial charge is 0.252 e. The monoisotopic (exact) mass is 276 g/mol. The summed E-state index contributed by atoms with van der Waals surface area (Å²) in [6, 6.07) is 5.72. The van der Waals surface area contributed by atoms with Gasteiger partial charge >= 0.3 is 0 Å². The number of hydrogen-bond acceptors (Lipinski definition) is 3. The van der Waals surface area contributed by atoms with E-state index >= 15 is 0 Å². The molecule has 5 nitrogen and oxygen atoms in total. The summed E-state index contributed by atoms with van der Waals surface area (Å²) in [7, 11) is 1.51. The first-order chi connectivity index (χ1) is 9.65. The van der Waals surface area contributed by atoms with Gasteiger partial charge in [0.2, 0.25) is 5.91 Å². The predicted octanol–water partition coefficient (Wildman–Crippen LogP) is 1.96. The van der Waals surface area contributed by atoms with Gasteiger partial charge in [-0.15, -0.1) is 0 Å². The molecule has 0 fully saturated rings. The highest BCUT2D eigenvalue weighted by Gasteiger charge is 2.24. The van der Waals surface area contributed by atoms with E-state index in [1.807, 2.05) is 25.1 Å². The van der Waals surface area contributed by atoms with Crippen molar-refractivity contribution in [3.8, 4) is 0 Å². The Morgan fingerprint density at radius 3 is 2.90 bits per heavy atom. The van der Waals surface area contributed by atoms with Crippen LogP contribution in [0.2, 0.25) is 0 Å². The quantitative estimate of drug-likeness (QED) is 0.894. The topological polar surface area (TPSA) is 58.6 Å². The summed E-state index contributed by atoms with van der Waals surface area (Å²) in [6.45, 7) is 2.71. The van der Waals surface area contributed by atoms with Gasteiger partial charge in [-0.25, -0.2) is 0 Å². The number of rotatable bonds is 5.